The average Bonchev–Trinajstić information content (AvgIpc) is 3.70. The lowest BCUT2D eigenvalue weighted by Crippen LogP contribution is -2.28. The first kappa shape index (κ1) is 24.9. The van der Waals surface area contributed by atoms with Crippen molar-refractivity contribution in [3.05, 3.63) is 76.4 Å². The summed E-state index contributed by atoms with van der Waals surface area (Å²) >= 11 is 1.20. The monoisotopic (exact) mass is 548 g/mol. The number of halogens is 2. The molecule has 198 valence electrons. The van der Waals surface area contributed by atoms with Crippen LogP contribution in [0.5, 0.6) is 0 Å². The first-order valence-electron chi connectivity index (χ1n) is 12.2. The Kier molecular flexibility index (Phi) is 5.98. The van der Waals surface area contributed by atoms with Crippen LogP contribution < -0.4 is 10.2 Å². The number of pyridine rings is 1. The quantitative estimate of drug-likeness (QED) is 0.322. The molecule has 1 fully saturated rings. The Hall–Kier alpha value is -4.45. The van der Waals surface area contributed by atoms with Crippen LogP contribution in [-0.2, 0) is 4.79 Å². The number of carbonyl (C=O) groups is 2. The van der Waals surface area contributed by atoms with Crippen LogP contribution in [0.4, 0.5) is 14.5 Å². The van der Waals surface area contributed by atoms with Crippen LogP contribution in [-0.4, -0.2) is 38.4 Å². The molecule has 0 bridgehead atoms. The predicted octanol–water partition coefficient (Wildman–Crippen LogP) is 5.24. The maximum atomic E-state index is 14.2. The Morgan fingerprint density at radius 2 is 2.00 bits per heavy atom. The van der Waals surface area contributed by atoms with E-state index < -0.39 is 17.7 Å². The number of fused-ring (bicyclic) bond motifs is 1. The molecule has 9 nitrogen and oxygen atoms in total. The van der Waals surface area contributed by atoms with Crippen molar-refractivity contribution in [3.63, 3.8) is 0 Å². The molecule has 0 radical (unpaired) electrons. The van der Waals surface area contributed by atoms with Crippen molar-refractivity contribution < 1.29 is 22.9 Å². The Bertz CT molecular complexity index is 1760. The molecule has 0 aliphatic carbocycles. The van der Waals surface area contributed by atoms with Gasteiger partial charge < -0.3 is 14.7 Å². The van der Waals surface area contributed by atoms with Crippen LogP contribution >= 0.6 is 11.3 Å². The van der Waals surface area contributed by atoms with Gasteiger partial charge >= 0.3 is 0 Å². The molecule has 1 aromatic carbocycles. The molecule has 0 saturated carbocycles. The molecule has 12 heteroatoms. The van der Waals surface area contributed by atoms with Crippen LogP contribution in [0.1, 0.15) is 45.7 Å². The molecule has 1 aliphatic rings. The number of nitrogens with zero attached hydrogens (tertiary/aromatic N) is 5. The third-order valence-corrected chi connectivity index (χ3v) is 7.85. The van der Waals surface area contributed by atoms with E-state index in [9.17, 15) is 18.4 Å². The van der Waals surface area contributed by atoms with E-state index in [2.05, 4.69) is 15.5 Å². The van der Waals surface area contributed by atoms with Gasteiger partial charge in [0, 0.05) is 37.0 Å². The standard InChI is InChI=1S/C27H22F2N6O3S/c1-13-23(14(2)38-33-13)15-8-9-34-21(10-15)32-24(25(34)27-31-12-20(39-27)26(37)30-3)19-6-7-22(36)35(19)16-4-5-17(28)18(29)11-16/h4-5,8-12,19H,6-7H2,1-3H3,(H,30,37)/t19-/m0/s1. The zero-order valence-corrected chi connectivity index (χ0v) is 22.0. The summed E-state index contributed by atoms with van der Waals surface area (Å²) in [5.74, 6) is -1.86. The molecule has 0 unspecified atom stereocenters. The number of carbonyl (C=O) groups excluding carboxylic acids is 2. The molecule has 0 spiro atoms. The summed E-state index contributed by atoms with van der Waals surface area (Å²) in [7, 11) is 1.54. The molecule has 39 heavy (non-hydrogen) atoms. The van der Waals surface area contributed by atoms with Crippen molar-refractivity contribution in [2.45, 2.75) is 32.7 Å². The highest BCUT2D eigenvalue weighted by molar-refractivity contribution is 7.16. The molecule has 5 aromatic rings. The molecule has 5 heterocycles. The summed E-state index contributed by atoms with van der Waals surface area (Å²) in [6, 6.07) is 6.65. The maximum absolute atomic E-state index is 14.2. The number of aryl methyl sites for hydroxylation is 2. The van der Waals surface area contributed by atoms with E-state index in [4.69, 9.17) is 9.51 Å². The van der Waals surface area contributed by atoms with E-state index in [0.717, 1.165) is 29.0 Å². The smallest absolute Gasteiger partial charge is 0.262 e. The summed E-state index contributed by atoms with van der Waals surface area (Å²) in [4.78, 5) is 36.6. The first-order valence-corrected chi connectivity index (χ1v) is 13.0. The second kappa shape index (κ2) is 9.38. The second-order valence-corrected chi connectivity index (χ2v) is 10.2. The number of hydrogen-bond acceptors (Lipinski definition) is 7. The molecule has 6 rings (SSSR count). The molecule has 1 atom stereocenters. The van der Waals surface area contributed by atoms with Crippen molar-refractivity contribution in [1.29, 1.82) is 0 Å². The number of rotatable bonds is 5. The van der Waals surface area contributed by atoms with Crippen molar-refractivity contribution in [2.24, 2.45) is 0 Å². The van der Waals surface area contributed by atoms with Gasteiger partial charge in [0.25, 0.3) is 5.91 Å². The fraction of sp³-hybridized carbons (Fsp3) is 0.222. The number of amides is 2. The van der Waals surface area contributed by atoms with E-state index in [1.54, 1.807) is 7.05 Å². The highest BCUT2D eigenvalue weighted by Gasteiger charge is 2.38. The Morgan fingerprint density at radius 3 is 2.72 bits per heavy atom. The van der Waals surface area contributed by atoms with Crippen LogP contribution in [0.15, 0.2) is 47.2 Å². The highest BCUT2D eigenvalue weighted by atomic mass is 32.1. The number of imidazole rings is 1. The van der Waals surface area contributed by atoms with Crippen molar-refractivity contribution in [2.75, 3.05) is 11.9 Å². The van der Waals surface area contributed by atoms with Gasteiger partial charge in [-0.05, 0) is 50.1 Å². The largest absolute Gasteiger partial charge is 0.361 e. The van der Waals surface area contributed by atoms with E-state index in [1.165, 1.54) is 28.5 Å². The number of nitrogens with one attached hydrogen (secondary N) is 1. The summed E-state index contributed by atoms with van der Waals surface area (Å²) < 4.78 is 35.1. The van der Waals surface area contributed by atoms with E-state index >= 15 is 0 Å². The summed E-state index contributed by atoms with van der Waals surface area (Å²) in [5, 5.41) is 7.18. The van der Waals surface area contributed by atoms with Gasteiger partial charge in [-0.15, -0.1) is 11.3 Å². The van der Waals surface area contributed by atoms with Gasteiger partial charge in [-0.3, -0.25) is 14.0 Å². The van der Waals surface area contributed by atoms with Gasteiger partial charge in [0.05, 0.1) is 23.6 Å². The number of hydrogen-bond donors (Lipinski definition) is 1. The molecular formula is C27H22F2N6O3S. The van der Waals surface area contributed by atoms with Gasteiger partial charge in [0.1, 0.15) is 27.0 Å². The molecule has 1 N–H and O–H groups in total. The Morgan fingerprint density at radius 1 is 1.18 bits per heavy atom. The van der Waals surface area contributed by atoms with Gasteiger partial charge in [0.2, 0.25) is 5.91 Å². The fourth-order valence-corrected chi connectivity index (χ4v) is 5.99. The van der Waals surface area contributed by atoms with Crippen molar-refractivity contribution >= 4 is 34.5 Å². The van der Waals surface area contributed by atoms with E-state index in [0.29, 0.717) is 39.1 Å². The lowest BCUT2D eigenvalue weighted by atomic mass is 10.1. The lowest BCUT2D eigenvalue weighted by molar-refractivity contribution is -0.117. The minimum Gasteiger partial charge on any atom is -0.361 e. The summed E-state index contributed by atoms with van der Waals surface area (Å²) in [5.41, 5.74) is 4.43. The predicted molar refractivity (Wildman–Crippen MR) is 140 cm³/mol. The minimum absolute atomic E-state index is 0.211. The molecule has 1 aliphatic heterocycles. The lowest BCUT2D eigenvalue weighted by Gasteiger charge is -2.24. The third kappa shape index (κ3) is 4.07. The van der Waals surface area contributed by atoms with Crippen LogP contribution in [0, 0.1) is 25.5 Å². The van der Waals surface area contributed by atoms with Crippen LogP contribution in [0.25, 0.3) is 27.5 Å². The van der Waals surface area contributed by atoms with Gasteiger partial charge in [-0.1, -0.05) is 5.16 Å². The maximum Gasteiger partial charge on any atom is 0.262 e. The van der Waals surface area contributed by atoms with E-state index in [-0.39, 0.29) is 23.9 Å². The van der Waals surface area contributed by atoms with Gasteiger partial charge in [-0.25, -0.2) is 18.7 Å². The fourth-order valence-electron chi connectivity index (χ4n) is 5.07. The summed E-state index contributed by atoms with van der Waals surface area (Å²) in [6.45, 7) is 3.69. The highest BCUT2D eigenvalue weighted by Crippen LogP contribution is 2.42. The zero-order chi connectivity index (χ0) is 27.4. The first-order chi connectivity index (χ1) is 18.8. The number of benzene rings is 1. The van der Waals surface area contributed by atoms with Gasteiger partial charge in [0.15, 0.2) is 11.6 Å². The average molecular weight is 549 g/mol. The molecular weight excluding hydrogens is 526 g/mol. The Balaban J connectivity index is 1.55. The molecule has 4 aromatic heterocycles. The van der Waals surface area contributed by atoms with Crippen molar-refractivity contribution in [3.8, 4) is 21.8 Å². The van der Waals surface area contributed by atoms with E-state index in [1.807, 2.05) is 36.6 Å². The zero-order valence-electron chi connectivity index (χ0n) is 21.2. The van der Waals surface area contributed by atoms with Crippen molar-refractivity contribution in [1.82, 2.24) is 24.8 Å². The number of thiazole rings is 1. The van der Waals surface area contributed by atoms with Crippen LogP contribution in [0.2, 0.25) is 0 Å². The SMILES string of the molecule is CNC(=O)c1cnc(-c2c([C@@H]3CCC(=O)N3c3ccc(F)c(F)c3)nc3cc(-c4c(C)noc4C)ccn23)s1. The second-order valence-electron chi connectivity index (χ2n) is 9.21. The van der Waals surface area contributed by atoms with Crippen LogP contribution in [0.3, 0.4) is 0 Å². The van der Waals surface area contributed by atoms with Gasteiger partial charge in [-0.2, -0.15) is 0 Å². The number of aromatic nitrogens is 4. The summed E-state index contributed by atoms with van der Waals surface area (Å²) in [6.07, 6.45) is 3.97. The Labute approximate surface area is 225 Å². The number of anilines is 1. The minimum atomic E-state index is -1.04. The molecule has 2 amide bonds. The third-order valence-electron chi connectivity index (χ3n) is 6.84. The topological polar surface area (TPSA) is 106 Å². The molecule has 1 saturated heterocycles. The normalized spacial score (nSPS) is 15.5.